The Balaban J connectivity index is 1.82. The maximum absolute atomic E-state index is 13.3. The van der Waals surface area contributed by atoms with E-state index in [9.17, 15) is 9.59 Å². The van der Waals surface area contributed by atoms with E-state index in [4.69, 9.17) is 0 Å². The van der Waals surface area contributed by atoms with E-state index in [0.717, 1.165) is 42.6 Å². The second kappa shape index (κ2) is 9.86. The van der Waals surface area contributed by atoms with E-state index in [1.54, 1.807) is 13.0 Å². The maximum atomic E-state index is 13.3. The lowest BCUT2D eigenvalue weighted by Crippen LogP contribution is -2.24. The van der Waals surface area contributed by atoms with Crippen LogP contribution in [0.4, 0.5) is 5.69 Å². The zero-order valence-corrected chi connectivity index (χ0v) is 19.5. The van der Waals surface area contributed by atoms with Gasteiger partial charge in [-0.15, -0.1) is 0 Å². The molecule has 4 nitrogen and oxygen atoms in total. The van der Waals surface area contributed by atoms with Gasteiger partial charge < -0.3 is 9.30 Å². The number of nitrogens with zero attached hydrogens (tertiary/aromatic N) is 2. The molecule has 0 aliphatic rings. The summed E-state index contributed by atoms with van der Waals surface area (Å²) in [5, 5.41) is 0. The Morgan fingerprint density at radius 2 is 1.48 bits per heavy atom. The highest BCUT2D eigenvalue weighted by atomic mass is 16.1. The highest BCUT2D eigenvalue weighted by molar-refractivity contribution is 6.10. The first kappa shape index (κ1) is 22.5. The molecule has 0 radical (unpaired) electrons. The predicted molar refractivity (Wildman–Crippen MR) is 136 cm³/mol. The summed E-state index contributed by atoms with van der Waals surface area (Å²) in [6.07, 6.45) is 4.03. The molecule has 0 bridgehead atoms. The van der Waals surface area contributed by atoms with Crippen molar-refractivity contribution in [2.45, 2.75) is 33.6 Å². The lowest BCUT2D eigenvalue weighted by Gasteiger charge is -2.24. The molecule has 168 valence electrons. The van der Waals surface area contributed by atoms with Gasteiger partial charge in [-0.05, 0) is 55.7 Å². The van der Waals surface area contributed by atoms with Gasteiger partial charge in [0.2, 0.25) is 5.78 Å². The van der Waals surface area contributed by atoms with Crippen LogP contribution in [0, 0.1) is 0 Å². The molecule has 0 amide bonds. The van der Waals surface area contributed by atoms with Crippen molar-refractivity contribution in [2.24, 2.45) is 0 Å². The number of fused-ring (bicyclic) bond motifs is 1. The van der Waals surface area contributed by atoms with E-state index in [1.165, 1.54) is 5.69 Å². The van der Waals surface area contributed by atoms with Crippen LogP contribution in [-0.4, -0.2) is 29.1 Å². The van der Waals surface area contributed by atoms with Crippen LogP contribution < -0.4 is 4.90 Å². The molecule has 2 aromatic heterocycles. The van der Waals surface area contributed by atoms with Crippen LogP contribution in [0.1, 0.15) is 60.0 Å². The third-order valence-corrected chi connectivity index (χ3v) is 5.98. The van der Waals surface area contributed by atoms with Gasteiger partial charge in [0.05, 0.1) is 11.2 Å². The van der Waals surface area contributed by atoms with Crippen molar-refractivity contribution in [3.8, 4) is 11.1 Å². The fourth-order valence-electron chi connectivity index (χ4n) is 4.32. The number of rotatable bonds is 9. The van der Waals surface area contributed by atoms with Crippen molar-refractivity contribution in [3.63, 3.8) is 0 Å². The standard InChI is InChI=1S/C29H30N2O2/c1-4-16-30(17-5-2)25-13-11-22(12-14-25)26-20-28(29(33)23-9-7-6-8-10-23)31-18-15-24(21(3)32)19-27(26)31/h6-15,18-20H,4-5,16-17H2,1-3H3. The van der Waals surface area contributed by atoms with Crippen molar-refractivity contribution in [1.29, 1.82) is 0 Å². The molecule has 0 unspecified atom stereocenters. The normalized spacial score (nSPS) is 11.0. The molecule has 0 aliphatic heterocycles. The van der Waals surface area contributed by atoms with Gasteiger partial charge in [-0.1, -0.05) is 56.3 Å². The Labute approximate surface area is 195 Å². The SMILES string of the molecule is CCCN(CCC)c1ccc(-c2cc(C(=O)c3ccccc3)n3ccc(C(C)=O)cc23)cc1. The number of Topliss-reactive ketones (excluding diaryl/α,β-unsaturated/α-hetero) is 1. The highest BCUT2D eigenvalue weighted by Gasteiger charge is 2.19. The number of ketones is 2. The summed E-state index contributed by atoms with van der Waals surface area (Å²) in [4.78, 5) is 27.8. The summed E-state index contributed by atoms with van der Waals surface area (Å²) >= 11 is 0. The quantitative estimate of drug-likeness (QED) is 0.274. The Kier molecular flexibility index (Phi) is 6.74. The fraction of sp³-hybridized carbons (Fsp3) is 0.241. The van der Waals surface area contributed by atoms with Gasteiger partial charge in [-0.2, -0.15) is 0 Å². The highest BCUT2D eigenvalue weighted by Crippen LogP contribution is 2.31. The minimum Gasteiger partial charge on any atom is -0.372 e. The van der Waals surface area contributed by atoms with Gasteiger partial charge in [0.15, 0.2) is 5.78 Å². The van der Waals surface area contributed by atoms with E-state index in [-0.39, 0.29) is 11.6 Å². The molecule has 2 heterocycles. The first-order chi connectivity index (χ1) is 16.0. The van der Waals surface area contributed by atoms with Gasteiger partial charge >= 0.3 is 0 Å². The zero-order chi connectivity index (χ0) is 23.4. The van der Waals surface area contributed by atoms with Crippen LogP contribution in [0.3, 0.4) is 0 Å². The number of aromatic nitrogens is 1. The maximum Gasteiger partial charge on any atom is 0.209 e. The van der Waals surface area contributed by atoms with E-state index in [0.29, 0.717) is 16.8 Å². The Bertz CT molecular complexity index is 1260. The van der Waals surface area contributed by atoms with Gasteiger partial charge in [0.25, 0.3) is 0 Å². The first-order valence-corrected chi connectivity index (χ1v) is 11.6. The fourth-order valence-corrected chi connectivity index (χ4v) is 4.32. The minimum atomic E-state index is -0.0406. The van der Waals surface area contributed by atoms with Crippen LogP contribution >= 0.6 is 0 Å². The summed E-state index contributed by atoms with van der Waals surface area (Å²) in [6.45, 7) is 8.01. The second-order valence-corrected chi connectivity index (χ2v) is 8.40. The molecule has 0 atom stereocenters. The number of carbonyl (C=O) groups excluding carboxylic acids is 2. The van der Waals surface area contributed by atoms with Crippen LogP contribution in [-0.2, 0) is 0 Å². The largest absolute Gasteiger partial charge is 0.372 e. The number of pyridine rings is 1. The number of hydrogen-bond donors (Lipinski definition) is 0. The van der Waals surface area contributed by atoms with Crippen molar-refractivity contribution in [3.05, 3.63) is 95.8 Å². The van der Waals surface area contributed by atoms with Crippen LogP contribution in [0.15, 0.2) is 79.0 Å². The van der Waals surface area contributed by atoms with Gasteiger partial charge in [0, 0.05) is 41.7 Å². The Morgan fingerprint density at radius 3 is 2.09 bits per heavy atom. The zero-order valence-electron chi connectivity index (χ0n) is 19.5. The topological polar surface area (TPSA) is 41.8 Å². The molecule has 33 heavy (non-hydrogen) atoms. The monoisotopic (exact) mass is 438 g/mol. The molecular weight excluding hydrogens is 408 g/mol. The van der Waals surface area contributed by atoms with E-state index in [2.05, 4.69) is 43.0 Å². The molecular formula is C29H30N2O2. The average molecular weight is 439 g/mol. The predicted octanol–water partition coefficient (Wildman–Crippen LogP) is 6.67. The van der Waals surface area contributed by atoms with Crippen molar-refractivity contribution in [1.82, 2.24) is 4.40 Å². The van der Waals surface area contributed by atoms with E-state index >= 15 is 0 Å². The lowest BCUT2D eigenvalue weighted by atomic mass is 10.0. The Hall–Kier alpha value is -3.66. The van der Waals surface area contributed by atoms with Gasteiger partial charge in [-0.3, -0.25) is 9.59 Å². The first-order valence-electron chi connectivity index (χ1n) is 11.6. The van der Waals surface area contributed by atoms with Crippen molar-refractivity contribution < 1.29 is 9.59 Å². The molecule has 4 aromatic rings. The molecule has 2 aromatic carbocycles. The summed E-state index contributed by atoms with van der Waals surface area (Å²) in [6, 6.07) is 23.4. The van der Waals surface area contributed by atoms with Crippen molar-refractivity contribution >= 4 is 22.8 Å². The van der Waals surface area contributed by atoms with Gasteiger partial charge in [-0.25, -0.2) is 0 Å². The number of benzene rings is 2. The number of carbonyl (C=O) groups is 2. The molecule has 0 saturated heterocycles. The third kappa shape index (κ3) is 4.61. The molecule has 0 saturated carbocycles. The molecule has 0 fully saturated rings. The van der Waals surface area contributed by atoms with E-state index in [1.807, 2.05) is 53.1 Å². The smallest absolute Gasteiger partial charge is 0.209 e. The Morgan fingerprint density at radius 1 is 0.818 bits per heavy atom. The molecule has 0 spiro atoms. The van der Waals surface area contributed by atoms with Crippen LogP contribution in [0.2, 0.25) is 0 Å². The molecule has 4 heteroatoms. The molecule has 0 N–H and O–H groups in total. The van der Waals surface area contributed by atoms with Crippen LogP contribution in [0.25, 0.3) is 16.6 Å². The number of anilines is 1. The summed E-state index contributed by atoms with van der Waals surface area (Å²) in [5.41, 5.74) is 5.89. The molecule has 0 aliphatic carbocycles. The molecule has 4 rings (SSSR count). The van der Waals surface area contributed by atoms with Crippen LogP contribution in [0.5, 0.6) is 0 Å². The van der Waals surface area contributed by atoms with E-state index < -0.39 is 0 Å². The number of hydrogen-bond acceptors (Lipinski definition) is 3. The average Bonchev–Trinajstić information content (AvgIpc) is 3.23. The lowest BCUT2D eigenvalue weighted by molar-refractivity contribution is 0.101. The summed E-state index contributed by atoms with van der Waals surface area (Å²) < 4.78 is 1.89. The third-order valence-electron chi connectivity index (χ3n) is 5.98. The second-order valence-electron chi connectivity index (χ2n) is 8.40. The summed E-state index contributed by atoms with van der Waals surface area (Å²) in [5.74, 6) is -0.0354. The van der Waals surface area contributed by atoms with Gasteiger partial charge in [0.1, 0.15) is 0 Å². The van der Waals surface area contributed by atoms with Crippen molar-refractivity contribution in [2.75, 3.05) is 18.0 Å². The summed E-state index contributed by atoms with van der Waals surface area (Å²) in [7, 11) is 0. The minimum absolute atomic E-state index is 0.00528.